The van der Waals surface area contributed by atoms with Gasteiger partial charge in [-0.25, -0.2) is 4.79 Å². The molecule has 0 radical (unpaired) electrons. The van der Waals surface area contributed by atoms with Crippen molar-refractivity contribution in [1.29, 1.82) is 0 Å². The summed E-state index contributed by atoms with van der Waals surface area (Å²) >= 11 is 0. The van der Waals surface area contributed by atoms with E-state index in [0.29, 0.717) is 25.8 Å². The smallest absolute Gasteiger partial charge is 0.411 e. The summed E-state index contributed by atoms with van der Waals surface area (Å²) in [6, 6.07) is 25.2. The third-order valence-electron chi connectivity index (χ3n) is 9.90. The van der Waals surface area contributed by atoms with Crippen LogP contribution in [0.15, 0.2) is 91.4 Å². The van der Waals surface area contributed by atoms with Gasteiger partial charge in [0.05, 0.1) is 5.69 Å². The monoisotopic (exact) mass is 666 g/mol. The van der Waals surface area contributed by atoms with Gasteiger partial charge in [-0.1, -0.05) is 48.5 Å². The summed E-state index contributed by atoms with van der Waals surface area (Å²) in [4.78, 5) is 42.1. The molecule has 1 saturated carbocycles. The third-order valence-corrected chi connectivity index (χ3v) is 9.90. The second-order valence-electron chi connectivity index (χ2n) is 13.4. The number of nitrogens with zero attached hydrogens (tertiary/aromatic N) is 2. The summed E-state index contributed by atoms with van der Waals surface area (Å²) in [7, 11) is 1.84. The zero-order valence-corrected chi connectivity index (χ0v) is 28.1. The molecule has 258 valence electrons. The Kier molecular flexibility index (Phi) is 11.1. The van der Waals surface area contributed by atoms with Gasteiger partial charge in [-0.05, 0) is 92.9 Å². The van der Waals surface area contributed by atoms with Crippen LogP contribution in [0.1, 0.15) is 63.2 Å². The van der Waals surface area contributed by atoms with Crippen molar-refractivity contribution in [3.63, 3.8) is 0 Å². The second kappa shape index (κ2) is 16.0. The molecular formula is C39H46N4O6. The first kappa shape index (κ1) is 34.0. The Morgan fingerprint density at radius 3 is 2.29 bits per heavy atom. The number of anilines is 2. The Bertz CT molecular complexity index is 1590. The van der Waals surface area contributed by atoms with Crippen LogP contribution in [-0.2, 0) is 23.8 Å². The van der Waals surface area contributed by atoms with Crippen LogP contribution < -0.4 is 10.6 Å². The molecule has 49 heavy (non-hydrogen) atoms. The van der Waals surface area contributed by atoms with Crippen LogP contribution >= 0.6 is 0 Å². The Labute approximate surface area is 288 Å². The average Bonchev–Trinajstić information content (AvgIpc) is 3.65. The summed E-state index contributed by atoms with van der Waals surface area (Å²) in [6.07, 6.45) is 8.38. The van der Waals surface area contributed by atoms with Crippen LogP contribution in [0.4, 0.5) is 16.2 Å². The number of likely N-dealkylation sites (tertiary alicyclic amines) is 1. The summed E-state index contributed by atoms with van der Waals surface area (Å²) in [5.74, 6) is 0.0871. The van der Waals surface area contributed by atoms with Crippen molar-refractivity contribution in [3.8, 4) is 11.1 Å². The van der Waals surface area contributed by atoms with Crippen LogP contribution in [0, 0.1) is 5.41 Å². The maximum atomic E-state index is 12.8. The number of rotatable bonds is 13. The highest BCUT2D eigenvalue weighted by Crippen LogP contribution is 2.50. The van der Waals surface area contributed by atoms with E-state index in [4.69, 9.17) is 14.2 Å². The highest BCUT2D eigenvalue weighted by molar-refractivity contribution is 5.92. The van der Waals surface area contributed by atoms with E-state index in [1.807, 2.05) is 85.9 Å². The summed E-state index contributed by atoms with van der Waals surface area (Å²) < 4.78 is 16.4. The molecule has 0 atom stereocenters. The number of para-hydroxylation sites is 1. The molecule has 0 aromatic heterocycles. The van der Waals surface area contributed by atoms with Gasteiger partial charge in [0.25, 0.3) is 6.29 Å². The van der Waals surface area contributed by atoms with Crippen molar-refractivity contribution in [2.24, 2.45) is 5.41 Å². The van der Waals surface area contributed by atoms with Gasteiger partial charge in [-0.2, -0.15) is 0 Å². The molecule has 1 aliphatic carbocycles. The Morgan fingerprint density at radius 2 is 1.55 bits per heavy atom. The molecule has 3 aromatic carbocycles. The predicted molar refractivity (Wildman–Crippen MR) is 188 cm³/mol. The molecule has 2 aliphatic heterocycles. The number of nitrogens with one attached hydrogen (secondary N) is 2. The lowest BCUT2D eigenvalue weighted by Gasteiger charge is -2.51. The van der Waals surface area contributed by atoms with E-state index in [9.17, 15) is 14.4 Å². The molecule has 6 rings (SSSR count). The average molecular weight is 667 g/mol. The molecule has 0 bridgehead atoms. The van der Waals surface area contributed by atoms with Crippen molar-refractivity contribution in [2.45, 2.75) is 63.8 Å². The molecule has 1 saturated heterocycles. The van der Waals surface area contributed by atoms with Crippen LogP contribution in [0.5, 0.6) is 0 Å². The second-order valence-corrected chi connectivity index (χ2v) is 13.4. The molecule has 3 aliphatic rings. The first-order valence-corrected chi connectivity index (χ1v) is 17.3. The number of hydrogen-bond acceptors (Lipinski definition) is 7. The van der Waals surface area contributed by atoms with Gasteiger partial charge in [0.1, 0.15) is 18.6 Å². The van der Waals surface area contributed by atoms with Crippen molar-refractivity contribution < 1.29 is 28.6 Å². The quantitative estimate of drug-likeness (QED) is 0.184. The molecule has 2 N–H and O–H groups in total. The molecule has 3 aromatic rings. The molecule has 10 nitrogen and oxygen atoms in total. The summed E-state index contributed by atoms with van der Waals surface area (Å²) in [6.45, 7) is 3.29. The van der Waals surface area contributed by atoms with Gasteiger partial charge in [0.15, 0.2) is 0 Å². The number of unbranched alkanes of at least 4 members (excludes halogenated alkanes) is 1. The Morgan fingerprint density at radius 1 is 0.857 bits per heavy atom. The largest absolute Gasteiger partial charge is 0.455 e. The third kappa shape index (κ3) is 9.20. The van der Waals surface area contributed by atoms with Crippen molar-refractivity contribution >= 4 is 29.3 Å². The molecule has 10 heteroatoms. The van der Waals surface area contributed by atoms with Crippen molar-refractivity contribution in [1.82, 2.24) is 9.80 Å². The van der Waals surface area contributed by atoms with Gasteiger partial charge < -0.3 is 29.3 Å². The van der Waals surface area contributed by atoms with Gasteiger partial charge in [0, 0.05) is 49.8 Å². The number of carbonyl (C=O) groups excluding carboxylic acids is 3. The Balaban J connectivity index is 0.819. The predicted octanol–water partition coefficient (Wildman–Crippen LogP) is 7.32. The number of ether oxygens (including phenoxy) is 3. The fourth-order valence-corrected chi connectivity index (χ4v) is 6.95. The summed E-state index contributed by atoms with van der Waals surface area (Å²) in [5.41, 5.74) is 4.59. The topological polar surface area (TPSA) is 109 Å². The number of carbonyl (C=O) groups is 3. The van der Waals surface area contributed by atoms with E-state index in [1.54, 1.807) is 4.90 Å². The summed E-state index contributed by atoms with van der Waals surface area (Å²) in [5, 5.41) is 5.87. The fourth-order valence-electron chi connectivity index (χ4n) is 6.95. The van der Waals surface area contributed by atoms with Crippen molar-refractivity contribution in [3.05, 3.63) is 97.0 Å². The zero-order chi connectivity index (χ0) is 34.1. The van der Waals surface area contributed by atoms with Gasteiger partial charge >= 0.3 is 6.09 Å². The Hall–Kier alpha value is -4.83. The van der Waals surface area contributed by atoms with E-state index in [-0.39, 0.29) is 23.3 Å². The molecule has 0 unspecified atom stereocenters. The normalized spacial score (nSPS) is 17.1. The minimum Gasteiger partial charge on any atom is -0.455 e. The lowest BCUT2D eigenvalue weighted by molar-refractivity contribution is -0.130. The van der Waals surface area contributed by atoms with Crippen LogP contribution in [0.2, 0.25) is 0 Å². The maximum Gasteiger partial charge on any atom is 0.411 e. The van der Waals surface area contributed by atoms with E-state index in [0.717, 1.165) is 79.8 Å². The van der Waals surface area contributed by atoms with Crippen LogP contribution in [-0.4, -0.2) is 67.0 Å². The lowest BCUT2D eigenvalue weighted by atomic mass is 9.61. The number of piperidine rings is 1. The van der Waals surface area contributed by atoms with E-state index in [2.05, 4.69) is 15.5 Å². The number of hydrogen-bond donors (Lipinski definition) is 2. The van der Waals surface area contributed by atoms with Gasteiger partial charge in [-0.3, -0.25) is 14.9 Å². The molecule has 2 heterocycles. The van der Waals surface area contributed by atoms with Gasteiger partial charge in [-0.15, -0.1) is 0 Å². The van der Waals surface area contributed by atoms with Crippen LogP contribution in [0.3, 0.4) is 0 Å². The molecular weight excluding hydrogens is 620 g/mol. The fraction of sp³-hybridized carbons (Fsp3) is 0.410. The van der Waals surface area contributed by atoms with Gasteiger partial charge in [0.2, 0.25) is 11.8 Å². The van der Waals surface area contributed by atoms with E-state index < -0.39 is 12.4 Å². The molecule has 1 spiro atoms. The number of amides is 3. The molecule has 3 amide bonds. The lowest BCUT2D eigenvalue weighted by Crippen LogP contribution is -2.51. The minimum absolute atomic E-state index is 0.0446. The standard InChI is InChI=1S/C39H46N4O6/c1-42(21-8-7-13-35(44)40-31-16-14-30(15-17-31)37-47-25-26-48-37)36(45)18-22-43-23-19-39(20-24-43)27-32(28-39)49-38(46)41-34-12-6-5-11-33(34)29-9-3-2-4-10-29/h2-6,9-12,14-17,25-26,32,37H,7-8,13,18-24,27-28H2,1H3,(H,40,44)(H,41,46). The highest BCUT2D eigenvalue weighted by Gasteiger charge is 2.47. The SMILES string of the molecule is CN(CCCCC(=O)Nc1ccc(C2OC=CO2)cc1)C(=O)CCN1CCC2(CC1)CC(OC(=O)Nc1ccccc1-c1ccccc1)C2. The first-order valence-electron chi connectivity index (χ1n) is 17.3. The highest BCUT2D eigenvalue weighted by atomic mass is 16.7. The molecule has 2 fully saturated rings. The zero-order valence-electron chi connectivity index (χ0n) is 28.1. The number of benzene rings is 3. The van der Waals surface area contributed by atoms with E-state index in [1.165, 1.54) is 12.5 Å². The van der Waals surface area contributed by atoms with Crippen molar-refractivity contribution in [2.75, 3.05) is 43.9 Å². The van der Waals surface area contributed by atoms with E-state index >= 15 is 0 Å². The first-order chi connectivity index (χ1) is 23.9. The van der Waals surface area contributed by atoms with Crippen LogP contribution in [0.25, 0.3) is 11.1 Å². The minimum atomic E-state index is -0.434. The maximum absolute atomic E-state index is 12.8.